The molecule has 0 aliphatic heterocycles. The highest BCUT2D eigenvalue weighted by molar-refractivity contribution is 14.0. The molecule has 1 saturated carbocycles. The van der Waals surface area contributed by atoms with Gasteiger partial charge in [0.1, 0.15) is 0 Å². The lowest BCUT2D eigenvalue weighted by Gasteiger charge is -2.35. The van der Waals surface area contributed by atoms with Crippen LogP contribution in [0.4, 0.5) is 0 Å². The van der Waals surface area contributed by atoms with Gasteiger partial charge in [0.05, 0.1) is 12.9 Å². The van der Waals surface area contributed by atoms with E-state index in [0.29, 0.717) is 0 Å². The van der Waals surface area contributed by atoms with Gasteiger partial charge in [-0.2, -0.15) is 0 Å². The number of hydrogen-bond donors (Lipinski definition) is 2. The third kappa shape index (κ3) is 6.48. The molecule has 150 valence electrons. The maximum atomic E-state index is 4.98. The van der Waals surface area contributed by atoms with Crippen LogP contribution in [-0.4, -0.2) is 35.1 Å². The average molecular weight is 501 g/mol. The SMILES string of the molecule is CCNC(=NCC1(c2cccs2)CCCCC1)NCCCn1ccnc1.I. The minimum atomic E-state index is 0. The first-order chi connectivity index (χ1) is 12.8. The second-order valence-electron chi connectivity index (χ2n) is 7.09. The summed E-state index contributed by atoms with van der Waals surface area (Å²) in [5.41, 5.74) is 0.242. The molecule has 0 spiro atoms. The molecule has 2 N–H and O–H groups in total. The molecule has 0 atom stereocenters. The molecular formula is C20H32IN5S. The summed E-state index contributed by atoms with van der Waals surface area (Å²) < 4.78 is 2.11. The number of nitrogens with zero attached hydrogens (tertiary/aromatic N) is 3. The third-order valence-electron chi connectivity index (χ3n) is 5.18. The van der Waals surface area contributed by atoms with Gasteiger partial charge in [-0.1, -0.05) is 25.3 Å². The Morgan fingerprint density at radius 2 is 2.15 bits per heavy atom. The summed E-state index contributed by atoms with van der Waals surface area (Å²) in [7, 11) is 0. The van der Waals surface area contributed by atoms with Gasteiger partial charge in [0.25, 0.3) is 0 Å². The number of imidazole rings is 1. The maximum absolute atomic E-state index is 4.98. The van der Waals surface area contributed by atoms with E-state index < -0.39 is 0 Å². The van der Waals surface area contributed by atoms with Gasteiger partial charge in [-0.05, 0) is 37.6 Å². The minimum Gasteiger partial charge on any atom is -0.357 e. The Morgan fingerprint density at radius 3 is 2.81 bits per heavy atom. The van der Waals surface area contributed by atoms with Crippen molar-refractivity contribution in [2.75, 3.05) is 19.6 Å². The van der Waals surface area contributed by atoms with E-state index in [1.54, 1.807) is 0 Å². The van der Waals surface area contributed by atoms with Crippen LogP contribution in [0.3, 0.4) is 0 Å². The van der Waals surface area contributed by atoms with Crippen molar-refractivity contribution in [3.05, 3.63) is 41.1 Å². The van der Waals surface area contributed by atoms with Gasteiger partial charge >= 0.3 is 0 Å². The predicted molar refractivity (Wildman–Crippen MR) is 125 cm³/mol. The van der Waals surface area contributed by atoms with Crippen molar-refractivity contribution in [2.24, 2.45) is 4.99 Å². The molecular weight excluding hydrogens is 469 g/mol. The maximum Gasteiger partial charge on any atom is 0.191 e. The van der Waals surface area contributed by atoms with Crippen molar-refractivity contribution in [3.63, 3.8) is 0 Å². The van der Waals surface area contributed by atoms with E-state index in [9.17, 15) is 0 Å². The van der Waals surface area contributed by atoms with Crippen molar-refractivity contribution in [3.8, 4) is 0 Å². The van der Waals surface area contributed by atoms with Gasteiger partial charge in [-0.15, -0.1) is 35.3 Å². The van der Waals surface area contributed by atoms with Gasteiger partial charge < -0.3 is 15.2 Å². The van der Waals surface area contributed by atoms with Crippen LogP contribution in [0.2, 0.25) is 0 Å². The van der Waals surface area contributed by atoms with Gasteiger partial charge in [0.15, 0.2) is 5.96 Å². The van der Waals surface area contributed by atoms with Gasteiger partial charge in [0.2, 0.25) is 0 Å². The number of nitrogens with one attached hydrogen (secondary N) is 2. The van der Waals surface area contributed by atoms with Crippen molar-refractivity contribution in [2.45, 2.75) is 57.4 Å². The minimum absolute atomic E-state index is 0. The molecule has 0 radical (unpaired) electrons. The standard InChI is InChI=1S/C20H31N5S.HI/c1-2-22-19(23-11-7-13-25-14-12-21-17-25)24-16-20(9-4-3-5-10-20)18-8-6-15-26-18;/h6,8,12,14-15,17H,2-5,7,9-11,13,16H2,1H3,(H2,22,23,24);1H. The Morgan fingerprint density at radius 1 is 1.30 bits per heavy atom. The highest BCUT2D eigenvalue weighted by atomic mass is 127. The van der Waals surface area contributed by atoms with E-state index in [2.05, 4.69) is 44.6 Å². The highest BCUT2D eigenvalue weighted by Gasteiger charge is 2.34. The number of rotatable bonds is 8. The molecule has 0 aromatic carbocycles. The predicted octanol–water partition coefficient (Wildman–Crippen LogP) is 4.41. The quantitative estimate of drug-likeness (QED) is 0.244. The number of halogens is 1. The van der Waals surface area contributed by atoms with Crippen LogP contribution in [0, 0.1) is 0 Å². The van der Waals surface area contributed by atoms with Crippen LogP contribution < -0.4 is 10.6 Å². The van der Waals surface area contributed by atoms with E-state index in [-0.39, 0.29) is 29.4 Å². The number of aromatic nitrogens is 2. The summed E-state index contributed by atoms with van der Waals surface area (Å²) in [6.45, 7) is 5.78. The number of thiophene rings is 1. The van der Waals surface area contributed by atoms with E-state index in [1.807, 2.05) is 30.1 Å². The fraction of sp³-hybridized carbons (Fsp3) is 0.600. The zero-order valence-corrected chi connectivity index (χ0v) is 19.3. The molecule has 0 unspecified atom stereocenters. The van der Waals surface area contributed by atoms with Crippen LogP contribution in [-0.2, 0) is 12.0 Å². The molecule has 0 bridgehead atoms. The summed E-state index contributed by atoms with van der Waals surface area (Å²) in [6.07, 6.45) is 13.3. The Labute approximate surface area is 184 Å². The zero-order chi connectivity index (χ0) is 18.1. The summed E-state index contributed by atoms with van der Waals surface area (Å²) in [6, 6.07) is 4.48. The second-order valence-corrected chi connectivity index (χ2v) is 8.04. The first kappa shape index (κ1) is 22.2. The normalized spacial score (nSPS) is 16.6. The van der Waals surface area contributed by atoms with Crippen LogP contribution in [0.5, 0.6) is 0 Å². The smallest absolute Gasteiger partial charge is 0.191 e. The van der Waals surface area contributed by atoms with E-state index in [4.69, 9.17) is 4.99 Å². The average Bonchev–Trinajstić information content (AvgIpc) is 3.38. The van der Waals surface area contributed by atoms with E-state index >= 15 is 0 Å². The zero-order valence-electron chi connectivity index (χ0n) is 16.2. The molecule has 2 aromatic heterocycles. The molecule has 5 nitrogen and oxygen atoms in total. The molecule has 7 heteroatoms. The molecule has 3 rings (SSSR count). The first-order valence-electron chi connectivity index (χ1n) is 9.84. The summed E-state index contributed by atoms with van der Waals surface area (Å²) in [5.74, 6) is 0.944. The van der Waals surface area contributed by atoms with E-state index in [1.165, 1.54) is 37.0 Å². The monoisotopic (exact) mass is 501 g/mol. The highest BCUT2D eigenvalue weighted by Crippen LogP contribution is 2.41. The fourth-order valence-corrected chi connectivity index (χ4v) is 4.73. The Balaban J connectivity index is 0.00000261. The Bertz CT molecular complexity index is 648. The van der Waals surface area contributed by atoms with Crippen molar-refractivity contribution < 1.29 is 0 Å². The van der Waals surface area contributed by atoms with Crippen LogP contribution >= 0.6 is 35.3 Å². The molecule has 1 aliphatic rings. The summed E-state index contributed by atoms with van der Waals surface area (Å²) in [4.78, 5) is 10.6. The van der Waals surface area contributed by atoms with Gasteiger partial charge in [-0.25, -0.2) is 4.98 Å². The first-order valence-corrected chi connectivity index (χ1v) is 10.7. The number of aryl methyl sites for hydroxylation is 1. The van der Waals surface area contributed by atoms with Crippen molar-refractivity contribution >= 4 is 41.3 Å². The number of hydrogen-bond acceptors (Lipinski definition) is 3. The van der Waals surface area contributed by atoms with Crippen LogP contribution in [0.25, 0.3) is 0 Å². The van der Waals surface area contributed by atoms with Crippen LogP contribution in [0.1, 0.15) is 50.3 Å². The molecule has 0 saturated heterocycles. The second kappa shape index (κ2) is 11.7. The lowest BCUT2D eigenvalue weighted by molar-refractivity contribution is 0.306. The number of aliphatic imine (C=N–C) groups is 1. The molecule has 2 heterocycles. The molecule has 0 amide bonds. The Kier molecular flexibility index (Phi) is 9.61. The van der Waals surface area contributed by atoms with Crippen molar-refractivity contribution in [1.82, 2.24) is 20.2 Å². The molecule has 1 fully saturated rings. The van der Waals surface area contributed by atoms with Crippen molar-refractivity contribution in [1.29, 1.82) is 0 Å². The summed E-state index contributed by atoms with van der Waals surface area (Å²) in [5, 5.41) is 9.10. The lowest BCUT2D eigenvalue weighted by atomic mass is 9.73. The number of guanidine groups is 1. The largest absolute Gasteiger partial charge is 0.357 e. The fourth-order valence-electron chi connectivity index (χ4n) is 3.75. The summed E-state index contributed by atoms with van der Waals surface area (Å²) >= 11 is 1.89. The topological polar surface area (TPSA) is 54.2 Å². The molecule has 2 aromatic rings. The third-order valence-corrected chi connectivity index (χ3v) is 6.30. The van der Waals surface area contributed by atoms with Crippen LogP contribution in [0.15, 0.2) is 41.2 Å². The van der Waals surface area contributed by atoms with E-state index in [0.717, 1.165) is 38.6 Å². The molecule has 27 heavy (non-hydrogen) atoms. The van der Waals surface area contributed by atoms with Gasteiger partial charge in [-0.3, -0.25) is 4.99 Å². The molecule has 1 aliphatic carbocycles. The van der Waals surface area contributed by atoms with Gasteiger partial charge in [0, 0.05) is 42.3 Å². The Hall–Kier alpha value is -1.09. The lowest BCUT2D eigenvalue weighted by Crippen LogP contribution is -2.40.